The molecule has 0 aliphatic rings. The van der Waals surface area contributed by atoms with E-state index in [0.717, 1.165) is 32.6 Å². The Morgan fingerprint density at radius 3 is 2.52 bits per heavy atom. The summed E-state index contributed by atoms with van der Waals surface area (Å²) in [5.41, 5.74) is 5.12. The lowest BCUT2D eigenvalue weighted by Crippen LogP contribution is -2.06. The van der Waals surface area contributed by atoms with Crippen LogP contribution in [0.5, 0.6) is 0 Å². The van der Waals surface area contributed by atoms with Crippen molar-refractivity contribution in [2.45, 2.75) is 43.5 Å². The predicted octanol–water partition coefficient (Wildman–Crippen LogP) is 5.66. The van der Waals surface area contributed by atoms with Gasteiger partial charge in [0.2, 0.25) is 14.9 Å². The van der Waals surface area contributed by atoms with Crippen LogP contribution >= 0.6 is 11.3 Å². The minimum Gasteiger partial charge on any atom is -0.339 e. The highest BCUT2D eigenvalue weighted by Crippen LogP contribution is 2.33. The lowest BCUT2D eigenvalue weighted by atomic mass is 10.0. The van der Waals surface area contributed by atoms with E-state index in [-0.39, 0.29) is 15.6 Å². The number of aryl methyl sites for hydroxylation is 2. The Balaban J connectivity index is 1.67. The van der Waals surface area contributed by atoms with E-state index in [4.69, 9.17) is 4.98 Å². The van der Waals surface area contributed by atoms with E-state index in [9.17, 15) is 8.42 Å². The highest BCUT2D eigenvalue weighted by atomic mass is 32.2. The second-order valence-corrected chi connectivity index (χ2v) is 11.2. The van der Waals surface area contributed by atoms with E-state index in [1.54, 1.807) is 12.1 Å². The third kappa shape index (κ3) is 3.67. The van der Waals surface area contributed by atoms with Crippen LogP contribution < -0.4 is 5.32 Å². The van der Waals surface area contributed by atoms with Gasteiger partial charge >= 0.3 is 0 Å². The number of anilines is 2. The molecule has 5 rings (SSSR count). The molecule has 3 heterocycles. The summed E-state index contributed by atoms with van der Waals surface area (Å²) in [6.07, 6.45) is 0. The number of nitrogens with zero attached hydrogens (tertiary/aromatic N) is 4. The molecule has 0 aliphatic carbocycles. The van der Waals surface area contributed by atoms with Crippen molar-refractivity contribution >= 4 is 48.5 Å². The van der Waals surface area contributed by atoms with Crippen LogP contribution in [0.3, 0.4) is 0 Å². The number of thiophene rings is 1. The van der Waals surface area contributed by atoms with Crippen molar-refractivity contribution in [1.29, 1.82) is 0 Å². The fourth-order valence-electron chi connectivity index (χ4n) is 3.72. The number of rotatable bonds is 5. The van der Waals surface area contributed by atoms with Crippen LogP contribution in [-0.4, -0.2) is 28.2 Å². The summed E-state index contributed by atoms with van der Waals surface area (Å²) in [6.45, 7) is 8.18. The molecule has 0 radical (unpaired) electrons. The largest absolute Gasteiger partial charge is 0.339 e. The van der Waals surface area contributed by atoms with Crippen LogP contribution in [0.25, 0.3) is 15.9 Å². The molecule has 5 aromatic rings. The Kier molecular flexibility index (Phi) is 5.18. The third-order valence-corrected chi connectivity index (χ3v) is 8.26. The highest BCUT2D eigenvalue weighted by Gasteiger charge is 2.27. The van der Waals surface area contributed by atoms with E-state index >= 15 is 0 Å². The van der Waals surface area contributed by atoms with E-state index in [1.807, 2.05) is 55.6 Å². The topological polar surface area (TPSA) is 89.2 Å². The van der Waals surface area contributed by atoms with E-state index in [2.05, 4.69) is 29.5 Å². The molecule has 0 atom stereocenters. The predicted molar refractivity (Wildman–Crippen MR) is 131 cm³/mol. The Bertz CT molecular complexity index is 1600. The number of hydrogen-bond acceptors (Lipinski definition) is 7. The van der Waals surface area contributed by atoms with Crippen molar-refractivity contribution < 1.29 is 8.42 Å². The van der Waals surface area contributed by atoms with Crippen molar-refractivity contribution in [3.8, 4) is 0 Å². The standard InChI is InChI=1S/C24H23N5O2S2/c1-14(2)17-7-9-18(10-8-17)33(30,31)24-23-26-22(25-19-13-15(3)5-6-16(19)4)21-20(11-12-32-21)29(23)28-27-24/h5-14H,1-4H3,(H,25,26). The Labute approximate surface area is 196 Å². The van der Waals surface area contributed by atoms with Crippen LogP contribution in [-0.2, 0) is 9.84 Å². The molecule has 7 nitrogen and oxygen atoms in total. The van der Waals surface area contributed by atoms with Gasteiger partial charge in [-0.1, -0.05) is 43.3 Å². The average molecular weight is 478 g/mol. The summed E-state index contributed by atoms with van der Waals surface area (Å²) in [6, 6.07) is 14.9. The van der Waals surface area contributed by atoms with Gasteiger partial charge in [0.05, 0.1) is 15.1 Å². The molecule has 3 aromatic heterocycles. The van der Waals surface area contributed by atoms with E-state index in [1.165, 1.54) is 15.9 Å². The van der Waals surface area contributed by atoms with Crippen molar-refractivity contribution in [3.63, 3.8) is 0 Å². The third-order valence-electron chi connectivity index (χ3n) is 5.68. The van der Waals surface area contributed by atoms with Gasteiger partial charge in [0.15, 0.2) is 11.5 Å². The van der Waals surface area contributed by atoms with Crippen LogP contribution in [0.1, 0.15) is 36.5 Å². The summed E-state index contributed by atoms with van der Waals surface area (Å²) < 4.78 is 29.3. The quantitative estimate of drug-likeness (QED) is 0.352. The van der Waals surface area contributed by atoms with Gasteiger partial charge in [-0.15, -0.1) is 16.4 Å². The van der Waals surface area contributed by atoms with Gasteiger partial charge < -0.3 is 5.32 Å². The molecule has 9 heteroatoms. The zero-order chi connectivity index (χ0) is 23.3. The SMILES string of the molecule is Cc1ccc(C)c(Nc2nc3c(S(=O)(=O)c4ccc(C(C)C)cc4)nnn3c3ccsc23)c1. The fourth-order valence-corrected chi connectivity index (χ4v) is 5.77. The second-order valence-electron chi connectivity index (χ2n) is 8.40. The normalized spacial score (nSPS) is 12.2. The first-order valence-electron chi connectivity index (χ1n) is 10.6. The first kappa shape index (κ1) is 21.5. The number of nitrogens with one attached hydrogen (secondary N) is 1. The van der Waals surface area contributed by atoms with Crippen LogP contribution in [0, 0.1) is 13.8 Å². The van der Waals surface area contributed by atoms with E-state index < -0.39 is 9.84 Å². The highest BCUT2D eigenvalue weighted by molar-refractivity contribution is 7.91. The zero-order valence-electron chi connectivity index (χ0n) is 18.7. The van der Waals surface area contributed by atoms with Crippen molar-refractivity contribution in [3.05, 3.63) is 70.6 Å². The van der Waals surface area contributed by atoms with Gasteiger partial charge in [0, 0.05) is 5.69 Å². The maximum Gasteiger partial charge on any atom is 0.229 e. The molecule has 168 valence electrons. The summed E-state index contributed by atoms with van der Waals surface area (Å²) in [5.74, 6) is 0.888. The second kappa shape index (κ2) is 7.93. The molecule has 0 fully saturated rings. The molecule has 0 saturated carbocycles. The maximum atomic E-state index is 13.5. The summed E-state index contributed by atoms with van der Waals surface area (Å²) in [4.78, 5) is 4.87. The summed E-state index contributed by atoms with van der Waals surface area (Å²) >= 11 is 1.51. The van der Waals surface area contributed by atoms with Crippen molar-refractivity contribution in [2.24, 2.45) is 0 Å². The van der Waals surface area contributed by atoms with E-state index in [0.29, 0.717) is 11.7 Å². The molecule has 0 amide bonds. The van der Waals surface area contributed by atoms with Crippen LogP contribution in [0.4, 0.5) is 11.5 Å². The van der Waals surface area contributed by atoms with Gasteiger partial charge in [-0.05, 0) is 66.1 Å². The minimum atomic E-state index is -3.90. The Morgan fingerprint density at radius 1 is 1.03 bits per heavy atom. The maximum absolute atomic E-state index is 13.5. The number of fused-ring (bicyclic) bond motifs is 3. The number of aromatic nitrogens is 4. The first-order valence-corrected chi connectivity index (χ1v) is 12.9. The van der Waals surface area contributed by atoms with Gasteiger partial charge in [0.25, 0.3) is 0 Å². The molecule has 2 aromatic carbocycles. The van der Waals surface area contributed by atoms with Gasteiger partial charge in [0.1, 0.15) is 0 Å². The number of sulfone groups is 1. The van der Waals surface area contributed by atoms with Crippen LogP contribution in [0.2, 0.25) is 0 Å². The molecule has 0 bridgehead atoms. The monoisotopic (exact) mass is 477 g/mol. The molecule has 33 heavy (non-hydrogen) atoms. The molecule has 0 aliphatic heterocycles. The molecule has 0 unspecified atom stereocenters. The molecular weight excluding hydrogens is 454 g/mol. The zero-order valence-corrected chi connectivity index (χ0v) is 20.3. The van der Waals surface area contributed by atoms with Gasteiger partial charge in [-0.25, -0.2) is 13.4 Å². The number of benzene rings is 2. The Morgan fingerprint density at radius 2 is 1.79 bits per heavy atom. The average Bonchev–Trinajstić information content (AvgIpc) is 3.44. The molecule has 0 saturated heterocycles. The minimum absolute atomic E-state index is 0.156. The van der Waals surface area contributed by atoms with Gasteiger partial charge in [-0.2, -0.15) is 4.52 Å². The number of hydrogen-bond donors (Lipinski definition) is 1. The summed E-state index contributed by atoms with van der Waals surface area (Å²) in [5, 5.41) is 13.4. The summed E-state index contributed by atoms with van der Waals surface area (Å²) in [7, 11) is -3.90. The Hall–Kier alpha value is -3.30. The van der Waals surface area contributed by atoms with Crippen molar-refractivity contribution in [2.75, 3.05) is 5.32 Å². The smallest absolute Gasteiger partial charge is 0.229 e. The lowest BCUT2D eigenvalue weighted by Gasteiger charge is -2.11. The molecule has 0 spiro atoms. The fraction of sp³-hybridized carbons (Fsp3) is 0.208. The lowest BCUT2D eigenvalue weighted by molar-refractivity contribution is 0.592. The molecule has 1 N–H and O–H groups in total. The van der Waals surface area contributed by atoms with Crippen molar-refractivity contribution in [1.82, 2.24) is 19.8 Å². The first-order chi connectivity index (χ1) is 15.8. The molecular formula is C24H23N5O2S2. The van der Waals surface area contributed by atoms with Crippen LogP contribution in [0.15, 0.2) is 63.8 Å². The van der Waals surface area contributed by atoms with Gasteiger partial charge in [-0.3, -0.25) is 0 Å².